The van der Waals surface area contributed by atoms with Crippen molar-refractivity contribution in [2.45, 2.75) is 19.5 Å². The maximum absolute atomic E-state index is 12.3. The van der Waals surface area contributed by atoms with Crippen LogP contribution in [0.1, 0.15) is 22.5 Å². The molecule has 9 heteroatoms. The molecule has 29 heavy (non-hydrogen) atoms. The molecule has 9 nitrogen and oxygen atoms in total. The third-order valence-electron chi connectivity index (χ3n) is 4.53. The Balaban J connectivity index is 1.26. The highest BCUT2D eigenvalue weighted by Gasteiger charge is 2.11. The van der Waals surface area contributed by atoms with Crippen LogP contribution >= 0.6 is 0 Å². The highest BCUT2D eigenvalue weighted by molar-refractivity contribution is 5.91. The molecule has 148 valence electrons. The van der Waals surface area contributed by atoms with E-state index >= 15 is 0 Å². The number of aryl methyl sites for hydroxylation is 1. The Hall–Kier alpha value is -3.75. The van der Waals surface area contributed by atoms with E-state index in [0.717, 1.165) is 28.8 Å². The van der Waals surface area contributed by atoms with Crippen molar-refractivity contribution in [2.75, 3.05) is 13.7 Å². The molecular formula is C20H21N7O2. The van der Waals surface area contributed by atoms with Crippen LogP contribution in [-0.4, -0.2) is 49.5 Å². The van der Waals surface area contributed by atoms with E-state index in [1.807, 2.05) is 53.2 Å². The molecule has 0 saturated heterocycles. The van der Waals surface area contributed by atoms with Gasteiger partial charge in [0.1, 0.15) is 11.3 Å². The van der Waals surface area contributed by atoms with Gasteiger partial charge >= 0.3 is 0 Å². The second-order valence-electron chi connectivity index (χ2n) is 6.56. The SMILES string of the molecule is COc1ccc(Cn2cc(C(=O)NCCCn3nnc4ccccc43)nn2)cc1. The Bertz CT molecular complexity index is 1100. The average molecular weight is 391 g/mol. The fourth-order valence-corrected chi connectivity index (χ4v) is 3.00. The van der Waals surface area contributed by atoms with Gasteiger partial charge in [0, 0.05) is 13.1 Å². The number of benzene rings is 2. The third kappa shape index (κ3) is 4.40. The molecule has 0 atom stereocenters. The zero-order valence-corrected chi connectivity index (χ0v) is 16.0. The first-order chi connectivity index (χ1) is 14.2. The monoisotopic (exact) mass is 391 g/mol. The van der Waals surface area contributed by atoms with E-state index in [4.69, 9.17) is 4.74 Å². The lowest BCUT2D eigenvalue weighted by Crippen LogP contribution is -2.25. The number of aromatic nitrogens is 6. The summed E-state index contributed by atoms with van der Waals surface area (Å²) in [4.78, 5) is 12.3. The Morgan fingerprint density at radius 1 is 1.07 bits per heavy atom. The van der Waals surface area contributed by atoms with Gasteiger partial charge in [0.25, 0.3) is 5.91 Å². The van der Waals surface area contributed by atoms with Crippen LogP contribution in [-0.2, 0) is 13.1 Å². The minimum atomic E-state index is -0.241. The van der Waals surface area contributed by atoms with Crippen molar-refractivity contribution in [1.29, 1.82) is 0 Å². The van der Waals surface area contributed by atoms with Crippen LogP contribution in [0.15, 0.2) is 54.7 Å². The Labute approximate surface area is 167 Å². The molecule has 4 rings (SSSR count). The van der Waals surface area contributed by atoms with Gasteiger partial charge < -0.3 is 10.1 Å². The molecule has 0 bridgehead atoms. The first-order valence-corrected chi connectivity index (χ1v) is 9.32. The summed E-state index contributed by atoms with van der Waals surface area (Å²) < 4.78 is 8.63. The smallest absolute Gasteiger partial charge is 0.273 e. The number of rotatable bonds is 8. The maximum atomic E-state index is 12.3. The summed E-state index contributed by atoms with van der Waals surface area (Å²) in [5.41, 5.74) is 3.19. The van der Waals surface area contributed by atoms with Crippen LogP contribution in [0.2, 0.25) is 0 Å². The molecule has 0 spiro atoms. The summed E-state index contributed by atoms with van der Waals surface area (Å²) in [7, 11) is 1.63. The number of nitrogens with zero attached hydrogens (tertiary/aromatic N) is 6. The third-order valence-corrected chi connectivity index (χ3v) is 4.53. The fourth-order valence-electron chi connectivity index (χ4n) is 3.00. The zero-order valence-electron chi connectivity index (χ0n) is 16.0. The molecule has 0 aliphatic heterocycles. The van der Waals surface area contributed by atoms with Gasteiger partial charge in [-0.05, 0) is 36.2 Å². The van der Waals surface area contributed by atoms with Gasteiger partial charge in [-0.15, -0.1) is 10.2 Å². The van der Waals surface area contributed by atoms with E-state index < -0.39 is 0 Å². The largest absolute Gasteiger partial charge is 0.497 e. The number of carbonyl (C=O) groups excluding carboxylic acids is 1. The normalized spacial score (nSPS) is 10.9. The molecule has 2 aromatic heterocycles. The predicted octanol–water partition coefficient (Wildman–Crippen LogP) is 1.90. The number of ether oxygens (including phenoxy) is 1. The number of para-hydroxylation sites is 1. The lowest BCUT2D eigenvalue weighted by Gasteiger charge is -2.04. The summed E-state index contributed by atoms with van der Waals surface area (Å²) in [6, 6.07) is 15.5. The number of carbonyl (C=O) groups is 1. The summed E-state index contributed by atoms with van der Waals surface area (Å²) >= 11 is 0. The Morgan fingerprint density at radius 3 is 2.72 bits per heavy atom. The summed E-state index contributed by atoms with van der Waals surface area (Å²) in [6.45, 7) is 1.72. The van der Waals surface area contributed by atoms with E-state index in [-0.39, 0.29) is 5.91 Å². The molecule has 1 amide bonds. The van der Waals surface area contributed by atoms with E-state index in [0.29, 0.717) is 25.3 Å². The minimum absolute atomic E-state index is 0.241. The quantitative estimate of drug-likeness (QED) is 0.461. The van der Waals surface area contributed by atoms with Crippen molar-refractivity contribution >= 4 is 16.9 Å². The molecular weight excluding hydrogens is 370 g/mol. The Kier molecular flexibility index (Phi) is 5.46. The molecule has 0 unspecified atom stereocenters. The van der Waals surface area contributed by atoms with Gasteiger partial charge in [0.05, 0.1) is 25.4 Å². The van der Waals surface area contributed by atoms with Gasteiger partial charge in [-0.1, -0.05) is 34.7 Å². The molecule has 2 aromatic carbocycles. The van der Waals surface area contributed by atoms with E-state index in [1.165, 1.54) is 0 Å². The number of amides is 1. The van der Waals surface area contributed by atoms with Crippen molar-refractivity contribution in [3.63, 3.8) is 0 Å². The molecule has 0 radical (unpaired) electrons. The molecule has 0 aliphatic carbocycles. The van der Waals surface area contributed by atoms with Crippen molar-refractivity contribution < 1.29 is 9.53 Å². The minimum Gasteiger partial charge on any atom is -0.497 e. The van der Waals surface area contributed by atoms with Gasteiger partial charge in [-0.3, -0.25) is 4.79 Å². The predicted molar refractivity (Wildman–Crippen MR) is 107 cm³/mol. The van der Waals surface area contributed by atoms with Crippen LogP contribution in [0.5, 0.6) is 5.75 Å². The first kappa shape index (κ1) is 18.6. The average Bonchev–Trinajstić information content (AvgIpc) is 3.39. The zero-order chi connectivity index (χ0) is 20.1. The molecule has 0 aliphatic rings. The van der Waals surface area contributed by atoms with Gasteiger partial charge in [-0.2, -0.15) is 0 Å². The highest BCUT2D eigenvalue weighted by atomic mass is 16.5. The molecule has 2 heterocycles. The van der Waals surface area contributed by atoms with Crippen LogP contribution in [0, 0.1) is 0 Å². The number of nitrogens with one attached hydrogen (secondary N) is 1. The van der Waals surface area contributed by atoms with Crippen LogP contribution in [0.3, 0.4) is 0 Å². The maximum Gasteiger partial charge on any atom is 0.273 e. The lowest BCUT2D eigenvalue weighted by atomic mass is 10.2. The van der Waals surface area contributed by atoms with E-state index in [9.17, 15) is 4.79 Å². The number of methoxy groups -OCH3 is 1. The van der Waals surface area contributed by atoms with Crippen LogP contribution < -0.4 is 10.1 Å². The van der Waals surface area contributed by atoms with Gasteiger partial charge in [0.15, 0.2) is 5.69 Å². The number of fused-ring (bicyclic) bond motifs is 1. The van der Waals surface area contributed by atoms with Crippen LogP contribution in [0.25, 0.3) is 11.0 Å². The summed E-state index contributed by atoms with van der Waals surface area (Å²) in [5.74, 6) is 0.556. The van der Waals surface area contributed by atoms with Crippen molar-refractivity contribution in [3.8, 4) is 5.75 Å². The summed E-state index contributed by atoms with van der Waals surface area (Å²) in [6.07, 6.45) is 2.38. The lowest BCUT2D eigenvalue weighted by molar-refractivity contribution is 0.0947. The van der Waals surface area contributed by atoms with Gasteiger partial charge in [0.2, 0.25) is 0 Å². The highest BCUT2D eigenvalue weighted by Crippen LogP contribution is 2.12. The molecule has 1 N–H and O–H groups in total. The van der Waals surface area contributed by atoms with Crippen molar-refractivity contribution in [2.24, 2.45) is 0 Å². The second-order valence-corrected chi connectivity index (χ2v) is 6.56. The topological polar surface area (TPSA) is 99.8 Å². The second kappa shape index (κ2) is 8.51. The first-order valence-electron chi connectivity index (χ1n) is 9.32. The Morgan fingerprint density at radius 2 is 1.90 bits per heavy atom. The van der Waals surface area contributed by atoms with E-state index in [1.54, 1.807) is 18.0 Å². The van der Waals surface area contributed by atoms with Crippen molar-refractivity contribution in [1.82, 2.24) is 35.3 Å². The summed E-state index contributed by atoms with van der Waals surface area (Å²) in [5, 5.41) is 19.1. The fraction of sp³-hybridized carbons (Fsp3) is 0.250. The number of hydrogen-bond acceptors (Lipinski definition) is 6. The van der Waals surface area contributed by atoms with E-state index in [2.05, 4.69) is 25.9 Å². The van der Waals surface area contributed by atoms with Gasteiger partial charge in [-0.25, -0.2) is 9.36 Å². The number of hydrogen-bond donors (Lipinski definition) is 1. The molecule has 0 saturated carbocycles. The standard InChI is InChI=1S/C20H21N7O2/c1-29-16-9-7-15(8-10-16)13-26-14-18(23-24-26)20(28)21-11-4-12-27-19-6-3-2-5-17(19)22-25-27/h2-3,5-10,14H,4,11-13H2,1H3,(H,21,28). The molecule has 4 aromatic rings. The van der Waals surface area contributed by atoms with Crippen LogP contribution in [0.4, 0.5) is 0 Å². The molecule has 0 fully saturated rings. The van der Waals surface area contributed by atoms with Crippen molar-refractivity contribution in [3.05, 3.63) is 66.0 Å².